The number of carbonyl (C=O) groups excluding carboxylic acids is 6. The molecule has 1 aliphatic carbocycles. The number of likely N-dealkylation sites (tertiary alicyclic amines) is 1. The molecule has 1 aromatic heterocycles. The van der Waals surface area contributed by atoms with Gasteiger partial charge in [-0.3, -0.25) is 44.0 Å². The van der Waals surface area contributed by atoms with Gasteiger partial charge in [-0.25, -0.2) is 4.39 Å². The molecule has 0 radical (unpaired) electrons. The van der Waals surface area contributed by atoms with Crippen LogP contribution in [0.1, 0.15) is 96.9 Å². The predicted molar refractivity (Wildman–Crippen MR) is 228 cm³/mol. The Labute approximate surface area is 358 Å². The van der Waals surface area contributed by atoms with E-state index in [4.69, 9.17) is 9.47 Å². The first-order valence-corrected chi connectivity index (χ1v) is 21.6. The van der Waals surface area contributed by atoms with Crippen LogP contribution in [0.15, 0.2) is 72.9 Å². The fraction of sp³-hybridized carbons (Fsp3) is 0.426. The molecule has 3 N–H and O–H groups in total. The molecule has 8 rings (SSSR count). The average molecular weight is 847 g/mol. The number of aromatic nitrogens is 1. The number of nitrogens with one attached hydrogen (secondary N) is 3. The number of carbonyl (C=O) groups is 6. The number of anilines is 2. The van der Waals surface area contributed by atoms with Gasteiger partial charge in [0, 0.05) is 67.8 Å². The summed E-state index contributed by atoms with van der Waals surface area (Å²) in [5, 5.41) is 9.28. The zero-order valence-electron chi connectivity index (χ0n) is 34.7. The summed E-state index contributed by atoms with van der Waals surface area (Å²) < 4.78 is 26.0. The second-order valence-electron chi connectivity index (χ2n) is 16.6. The van der Waals surface area contributed by atoms with E-state index < -0.39 is 29.7 Å². The van der Waals surface area contributed by atoms with E-state index in [1.54, 1.807) is 30.5 Å². The van der Waals surface area contributed by atoms with Crippen LogP contribution < -0.4 is 20.7 Å². The number of fused-ring (bicyclic) bond motifs is 2. The minimum Gasteiger partial charge on any atom is -0.490 e. The molecule has 0 bridgehead atoms. The van der Waals surface area contributed by atoms with Crippen LogP contribution in [0.5, 0.6) is 5.75 Å². The Morgan fingerprint density at radius 1 is 0.903 bits per heavy atom. The summed E-state index contributed by atoms with van der Waals surface area (Å²) in [6, 6.07) is 18.0. The number of pyridine rings is 1. The van der Waals surface area contributed by atoms with Crippen molar-refractivity contribution in [2.24, 2.45) is 11.8 Å². The number of imide groups is 2. The first kappa shape index (κ1) is 42.5. The van der Waals surface area contributed by atoms with Crippen molar-refractivity contribution in [1.29, 1.82) is 0 Å². The number of hydrogen-bond donors (Lipinski definition) is 3. The van der Waals surface area contributed by atoms with E-state index in [0.29, 0.717) is 55.5 Å². The number of halogens is 1. The van der Waals surface area contributed by atoms with Crippen LogP contribution in [0.3, 0.4) is 0 Å². The molecule has 3 aliphatic heterocycles. The summed E-state index contributed by atoms with van der Waals surface area (Å²) >= 11 is 0. The monoisotopic (exact) mass is 846 g/mol. The zero-order chi connectivity index (χ0) is 43.3. The van der Waals surface area contributed by atoms with Gasteiger partial charge >= 0.3 is 0 Å². The van der Waals surface area contributed by atoms with Gasteiger partial charge in [0.1, 0.15) is 23.7 Å². The molecule has 324 valence electrons. The molecule has 0 spiro atoms. The lowest BCUT2D eigenvalue weighted by molar-refractivity contribution is -0.136. The van der Waals surface area contributed by atoms with Crippen LogP contribution >= 0.6 is 0 Å². The van der Waals surface area contributed by atoms with E-state index in [0.717, 1.165) is 47.0 Å². The van der Waals surface area contributed by atoms with Crippen LogP contribution in [0.25, 0.3) is 10.9 Å². The molecule has 1 saturated carbocycles. The standard InChI is InChI=1S/C47H51FN6O8/c1-28(29-5-7-30(8-6-29)35-17-21-49-38-14-9-31(48)27-37(35)38)44(57)51-32-10-12-33(13-11-32)62-34-18-23-53(24-19-34)42(56)20-25-61-26-22-50-39-4-2-3-36-43(39)47(60)54(46(36)59)40-15-16-41(55)52-45(40)58/h2-4,9-14,17,21,27-30,34,40,50H,5-8,15-16,18-20,22-26H2,1H3,(H,51,57)(H,52,55,58). The Morgan fingerprint density at radius 3 is 2.44 bits per heavy atom. The van der Waals surface area contributed by atoms with E-state index in [1.165, 1.54) is 12.1 Å². The second kappa shape index (κ2) is 18.8. The Balaban J connectivity index is 0.712. The lowest BCUT2D eigenvalue weighted by Gasteiger charge is -2.32. The van der Waals surface area contributed by atoms with Crippen LogP contribution in [-0.4, -0.2) is 95.2 Å². The van der Waals surface area contributed by atoms with Gasteiger partial charge in [-0.15, -0.1) is 0 Å². The lowest BCUT2D eigenvalue weighted by atomic mass is 9.73. The maximum Gasteiger partial charge on any atom is 0.264 e. The van der Waals surface area contributed by atoms with Crippen molar-refractivity contribution >= 4 is 57.7 Å². The molecule has 15 heteroatoms. The van der Waals surface area contributed by atoms with E-state index in [-0.39, 0.29) is 79.2 Å². The highest BCUT2D eigenvalue weighted by atomic mass is 19.1. The molecule has 6 amide bonds. The van der Waals surface area contributed by atoms with Crippen LogP contribution in [0, 0.1) is 17.7 Å². The highest BCUT2D eigenvalue weighted by Gasteiger charge is 2.45. The summed E-state index contributed by atoms with van der Waals surface area (Å²) in [4.78, 5) is 83.7. The van der Waals surface area contributed by atoms with E-state index >= 15 is 0 Å². The lowest BCUT2D eigenvalue weighted by Crippen LogP contribution is -2.54. The smallest absolute Gasteiger partial charge is 0.264 e. The summed E-state index contributed by atoms with van der Waals surface area (Å²) in [7, 11) is 0. The van der Waals surface area contributed by atoms with Crippen molar-refractivity contribution < 1.29 is 42.6 Å². The number of ether oxygens (including phenoxy) is 2. The van der Waals surface area contributed by atoms with Gasteiger partial charge in [-0.1, -0.05) is 13.0 Å². The number of rotatable bonds is 14. The Kier molecular flexibility index (Phi) is 12.9. The maximum absolute atomic E-state index is 14.0. The zero-order valence-corrected chi connectivity index (χ0v) is 34.7. The highest BCUT2D eigenvalue weighted by molar-refractivity contribution is 6.25. The van der Waals surface area contributed by atoms with Gasteiger partial charge in [0.2, 0.25) is 23.6 Å². The van der Waals surface area contributed by atoms with Gasteiger partial charge in [0.15, 0.2) is 0 Å². The van der Waals surface area contributed by atoms with Gasteiger partial charge in [0.05, 0.1) is 36.3 Å². The Bertz CT molecular complexity index is 2360. The van der Waals surface area contributed by atoms with Crippen molar-refractivity contribution in [2.75, 3.05) is 43.5 Å². The van der Waals surface area contributed by atoms with Crippen molar-refractivity contribution in [3.05, 3.63) is 95.4 Å². The second-order valence-corrected chi connectivity index (χ2v) is 16.6. The summed E-state index contributed by atoms with van der Waals surface area (Å²) in [6.45, 7) is 3.92. The number of amides is 6. The van der Waals surface area contributed by atoms with Gasteiger partial charge in [-0.05, 0) is 110 Å². The molecular formula is C47H51FN6O8. The normalized spacial score (nSPS) is 21.1. The molecule has 4 heterocycles. The van der Waals surface area contributed by atoms with Crippen LogP contribution in [-0.2, 0) is 23.9 Å². The third-order valence-electron chi connectivity index (χ3n) is 12.8. The number of nitrogens with zero attached hydrogens (tertiary/aromatic N) is 3. The number of benzene rings is 3. The van der Waals surface area contributed by atoms with Gasteiger partial charge in [-0.2, -0.15) is 0 Å². The largest absolute Gasteiger partial charge is 0.490 e. The predicted octanol–water partition coefficient (Wildman–Crippen LogP) is 6.21. The molecule has 14 nitrogen and oxygen atoms in total. The third kappa shape index (κ3) is 9.32. The third-order valence-corrected chi connectivity index (χ3v) is 12.8. The van der Waals surface area contributed by atoms with Crippen LogP contribution in [0.4, 0.5) is 15.8 Å². The fourth-order valence-electron chi connectivity index (χ4n) is 9.27. The minimum atomic E-state index is -1.04. The molecule has 4 aliphatic rings. The van der Waals surface area contributed by atoms with E-state index in [1.807, 2.05) is 42.2 Å². The van der Waals surface area contributed by atoms with Gasteiger partial charge in [0.25, 0.3) is 11.8 Å². The molecule has 3 fully saturated rings. The Morgan fingerprint density at radius 2 is 1.68 bits per heavy atom. The first-order valence-electron chi connectivity index (χ1n) is 21.6. The molecule has 4 aromatic rings. The van der Waals surface area contributed by atoms with Crippen molar-refractivity contribution in [2.45, 2.75) is 82.8 Å². The molecule has 2 atom stereocenters. The van der Waals surface area contributed by atoms with Crippen LogP contribution in [0.2, 0.25) is 0 Å². The van der Waals surface area contributed by atoms with Crippen molar-refractivity contribution in [1.82, 2.24) is 20.1 Å². The minimum absolute atomic E-state index is 0.00337. The van der Waals surface area contributed by atoms with Crippen molar-refractivity contribution in [3.63, 3.8) is 0 Å². The SMILES string of the molecule is CC(C(=O)Nc1ccc(OC2CCN(C(=O)CCOCCNc3cccc4c3C(=O)N(C3CCC(=O)NC3=O)C4=O)CC2)cc1)C1CCC(c2ccnc3ccc(F)cc23)CC1. The fourth-order valence-corrected chi connectivity index (χ4v) is 9.27. The summed E-state index contributed by atoms with van der Waals surface area (Å²) in [5.74, 6) is -1.39. The summed E-state index contributed by atoms with van der Waals surface area (Å²) in [5.41, 5.74) is 3.46. The molecule has 3 aromatic carbocycles. The first-order chi connectivity index (χ1) is 30.0. The summed E-state index contributed by atoms with van der Waals surface area (Å²) in [6.07, 6.45) is 7.21. The quantitative estimate of drug-likeness (QED) is 0.0977. The highest BCUT2D eigenvalue weighted by Crippen LogP contribution is 2.41. The van der Waals surface area contributed by atoms with Gasteiger partial charge < -0.3 is 25.0 Å². The topological polar surface area (TPSA) is 176 Å². The Hall–Kier alpha value is -6.22. The van der Waals surface area contributed by atoms with Crippen molar-refractivity contribution in [3.8, 4) is 5.75 Å². The van der Waals surface area contributed by atoms with E-state index in [9.17, 15) is 33.2 Å². The van der Waals surface area contributed by atoms with E-state index in [2.05, 4.69) is 20.9 Å². The molecule has 62 heavy (non-hydrogen) atoms. The average Bonchev–Trinajstić information content (AvgIpc) is 3.54. The molecule has 2 unspecified atom stereocenters. The molecule has 2 saturated heterocycles. The number of piperidine rings is 2. The number of hydrogen-bond acceptors (Lipinski definition) is 10. The molecular weight excluding hydrogens is 796 g/mol. The maximum atomic E-state index is 14.0.